The highest BCUT2D eigenvalue weighted by atomic mass is 16.6. The van der Waals surface area contributed by atoms with Gasteiger partial charge in [-0.2, -0.15) is 0 Å². The quantitative estimate of drug-likeness (QED) is 0.504. The molecule has 1 unspecified atom stereocenters. The smallest absolute Gasteiger partial charge is 0.312 e. The summed E-state index contributed by atoms with van der Waals surface area (Å²) in [6.45, 7) is -0.278. The molecular formula is C9H10N2O5. The summed E-state index contributed by atoms with van der Waals surface area (Å²) >= 11 is 0. The first kappa shape index (κ1) is 11.9. The molecule has 0 bridgehead atoms. The van der Waals surface area contributed by atoms with Crippen molar-refractivity contribution in [1.29, 1.82) is 0 Å². The summed E-state index contributed by atoms with van der Waals surface area (Å²) in [6.07, 6.45) is 0. The van der Waals surface area contributed by atoms with Crippen LogP contribution < -0.4 is 5.73 Å². The number of benzene rings is 1. The average Bonchev–Trinajstić information content (AvgIpc) is 2.17. The van der Waals surface area contributed by atoms with E-state index >= 15 is 0 Å². The van der Waals surface area contributed by atoms with Crippen LogP contribution in [0.4, 0.5) is 5.69 Å². The normalized spacial score (nSPS) is 12.1. The molecule has 0 aliphatic carbocycles. The predicted octanol–water partition coefficient (Wildman–Crippen LogP) is 0.427. The van der Waals surface area contributed by atoms with Crippen molar-refractivity contribution < 1.29 is 19.9 Å². The number of nitro groups is 1. The second-order valence-electron chi connectivity index (χ2n) is 3.13. The van der Waals surface area contributed by atoms with Gasteiger partial charge in [0.2, 0.25) is 0 Å². The maximum Gasteiger partial charge on any atom is 0.312 e. The molecule has 0 fully saturated rings. The van der Waals surface area contributed by atoms with E-state index < -0.39 is 16.8 Å². The number of phenolic OH excluding ortho intramolecular Hbond substituents is 1. The van der Waals surface area contributed by atoms with Gasteiger partial charge in [0.05, 0.1) is 4.92 Å². The number of carboxylic acids is 1. The molecule has 0 aliphatic heterocycles. The van der Waals surface area contributed by atoms with Crippen LogP contribution in [0.5, 0.6) is 5.75 Å². The van der Waals surface area contributed by atoms with Gasteiger partial charge in [0.1, 0.15) is 11.7 Å². The van der Waals surface area contributed by atoms with E-state index in [1.54, 1.807) is 0 Å². The van der Waals surface area contributed by atoms with E-state index in [4.69, 9.17) is 10.8 Å². The third-order valence-corrected chi connectivity index (χ3v) is 2.12. The van der Waals surface area contributed by atoms with Gasteiger partial charge in [-0.1, -0.05) is 0 Å². The molecule has 0 aliphatic rings. The third-order valence-electron chi connectivity index (χ3n) is 2.12. The number of aliphatic carboxylic acids is 1. The minimum atomic E-state index is -1.27. The molecule has 7 heteroatoms. The number of hydrogen-bond donors (Lipinski definition) is 3. The molecule has 1 atom stereocenters. The maximum atomic E-state index is 10.8. The molecule has 4 N–H and O–H groups in total. The van der Waals surface area contributed by atoms with Crippen LogP contribution in [0.2, 0.25) is 0 Å². The van der Waals surface area contributed by atoms with E-state index in [2.05, 4.69) is 0 Å². The van der Waals surface area contributed by atoms with Crippen LogP contribution in [0.1, 0.15) is 11.5 Å². The van der Waals surface area contributed by atoms with Gasteiger partial charge in [-0.3, -0.25) is 14.9 Å². The number of carboxylic acid groups (broad SMARTS) is 1. The van der Waals surface area contributed by atoms with Gasteiger partial charge in [-0.25, -0.2) is 0 Å². The number of carbonyl (C=O) groups is 1. The van der Waals surface area contributed by atoms with E-state index in [1.165, 1.54) is 0 Å². The lowest BCUT2D eigenvalue weighted by atomic mass is 9.97. The lowest BCUT2D eigenvalue weighted by molar-refractivity contribution is -0.385. The molecule has 0 saturated heterocycles. The van der Waals surface area contributed by atoms with Gasteiger partial charge in [0, 0.05) is 18.2 Å². The second-order valence-corrected chi connectivity index (χ2v) is 3.13. The van der Waals surface area contributed by atoms with Crippen LogP contribution in [0.15, 0.2) is 18.2 Å². The van der Waals surface area contributed by atoms with Crippen molar-refractivity contribution in [1.82, 2.24) is 0 Å². The van der Waals surface area contributed by atoms with Crippen molar-refractivity contribution in [2.45, 2.75) is 5.92 Å². The summed E-state index contributed by atoms with van der Waals surface area (Å²) in [5.41, 5.74) is 4.78. The number of nitrogens with two attached hydrogens (primary N) is 1. The van der Waals surface area contributed by atoms with E-state index in [0.29, 0.717) is 0 Å². The molecule has 0 saturated carbocycles. The van der Waals surface area contributed by atoms with Gasteiger partial charge >= 0.3 is 5.97 Å². The Labute approximate surface area is 90.3 Å². The first-order valence-corrected chi connectivity index (χ1v) is 4.37. The topological polar surface area (TPSA) is 127 Å². The summed E-state index contributed by atoms with van der Waals surface area (Å²) in [5, 5.41) is 28.7. The fourth-order valence-electron chi connectivity index (χ4n) is 1.35. The zero-order valence-electron chi connectivity index (χ0n) is 8.16. The molecule has 1 rings (SSSR count). The Hall–Kier alpha value is -2.15. The van der Waals surface area contributed by atoms with E-state index in [1.807, 2.05) is 0 Å². The zero-order valence-corrected chi connectivity index (χ0v) is 8.16. The lowest BCUT2D eigenvalue weighted by Gasteiger charge is -2.10. The minimum Gasteiger partial charge on any atom is -0.508 e. The summed E-state index contributed by atoms with van der Waals surface area (Å²) in [7, 11) is 0. The molecule has 0 amide bonds. The number of nitro benzene ring substituents is 1. The molecule has 0 heterocycles. The van der Waals surface area contributed by atoms with Gasteiger partial charge in [0.25, 0.3) is 5.69 Å². The molecule has 1 aromatic carbocycles. The standard InChI is InChI=1S/C9H10N2O5/c10-4-7(9(13)14)6-3-5(12)1-2-8(6)11(15)16/h1-3,7,12H,4,10H2,(H,13,14). The maximum absolute atomic E-state index is 10.8. The number of phenols is 1. The lowest BCUT2D eigenvalue weighted by Crippen LogP contribution is -2.22. The summed E-state index contributed by atoms with van der Waals surface area (Å²) in [5.74, 6) is -2.70. The van der Waals surface area contributed by atoms with Gasteiger partial charge in [-0.05, 0) is 12.1 Å². The van der Waals surface area contributed by atoms with Crippen molar-refractivity contribution in [3.8, 4) is 5.75 Å². The monoisotopic (exact) mass is 226 g/mol. The molecule has 0 radical (unpaired) electrons. The Morgan fingerprint density at radius 3 is 2.62 bits per heavy atom. The van der Waals surface area contributed by atoms with Crippen molar-refractivity contribution in [3.63, 3.8) is 0 Å². The SMILES string of the molecule is NCC(C(=O)O)c1cc(O)ccc1[N+](=O)[O-]. The largest absolute Gasteiger partial charge is 0.508 e. The van der Waals surface area contributed by atoms with E-state index in [9.17, 15) is 20.0 Å². The van der Waals surface area contributed by atoms with Gasteiger partial charge in [0.15, 0.2) is 0 Å². The molecule has 16 heavy (non-hydrogen) atoms. The summed E-state index contributed by atoms with van der Waals surface area (Å²) in [4.78, 5) is 20.8. The van der Waals surface area contributed by atoms with Crippen molar-refractivity contribution in [2.75, 3.05) is 6.54 Å². The van der Waals surface area contributed by atoms with Gasteiger partial charge < -0.3 is 15.9 Å². The summed E-state index contributed by atoms with van der Waals surface area (Å²) < 4.78 is 0. The highest BCUT2D eigenvalue weighted by Gasteiger charge is 2.26. The van der Waals surface area contributed by atoms with Crippen LogP contribution in [0.25, 0.3) is 0 Å². The van der Waals surface area contributed by atoms with Crippen LogP contribution in [0.3, 0.4) is 0 Å². The number of aromatic hydroxyl groups is 1. The highest BCUT2D eigenvalue weighted by Crippen LogP contribution is 2.29. The average molecular weight is 226 g/mol. The van der Waals surface area contributed by atoms with Crippen molar-refractivity contribution in [2.24, 2.45) is 5.73 Å². The second kappa shape index (κ2) is 4.58. The Morgan fingerprint density at radius 1 is 1.56 bits per heavy atom. The number of hydrogen-bond acceptors (Lipinski definition) is 5. The number of rotatable bonds is 4. The Morgan fingerprint density at radius 2 is 2.19 bits per heavy atom. The third kappa shape index (κ3) is 2.26. The summed E-state index contributed by atoms with van der Waals surface area (Å²) in [6, 6.07) is 3.22. The Bertz CT molecular complexity index is 432. The zero-order chi connectivity index (χ0) is 12.3. The molecular weight excluding hydrogens is 216 g/mol. The first-order chi connectivity index (χ1) is 7.47. The molecule has 1 aromatic rings. The number of nitrogens with zero attached hydrogens (tertiary/aromatic N) is 1. The van der Waals surface area contributed by atoms with Crippen LogP contribution >= 0.6 is 0 Å². The molecule has 7 nitrogen and oxygen atoms in total. The van der Waals surface area contributed by atoms with Crippen molar-refractivity contribution >= 4 is 11.7 Å². The molecule has 0 spiro atoms. The van der Waals surface area contributed by atoms with Crippen LogP contribution in [-0.2, 0) is 4.79 Å². The van der Waals surface area contributed by atoms with Crippen LogP contribution in [-0.4, -0.2) is 27.7 Å². The first-order valence-electron chi connectivity index (χ1n) is 4.37. The minimum absolute atomic E-state index is 0.0972. The van der Waals surface area contributed by atoms with Crippen molar-refractivity contribution in [3.05, 3.63) is 33.9 Å². The predicted molar refractivity (Wildman–Crippen MR) is 54.2 cm³/mol. The Kier molecular flexibility index (Phi) is 3.41. The van der Waals surface area contributed by atoms with Gasteiger partial charge in [-0.15, -0.1) is 0 Å². The fourth-order valence-corrected chi connectivity index (χ4v) is 1.35. The molecule has 86 valence electrons. The highest BCUT2D eigenvalue weighted by molar-refractivity contribution is 5.78. The Balaban J connectivity index is 3.33. The van der Waals surface area contributed by atoms with E-state index in [-0.39, 0.29) is 23.5 Å². The fraction of sp³-hybridized carbons (Fsp3) is 0.222. The van der Waals surface area contributed by atoms with Crippen LogP contribution in [0, 0.1) is 10.1 Å². The molecule has 0 aromatic heterocycles. The van der Waals surface area contributed by atoms with E-state index in [0.717, 1.165) is 18.2 Å².